The molecule has 2 fully saturated rings. The molecule has 4 unspecified atom stereocenters. The fourth-order valence-corrected chi connectivity index (χ4v) is 3.47. The summed E-state index contributed by atoms with van der Waals surface area (Å²) in [4.78, 5) is 2.72. The number of hydrogen-bond acceptors (Lipinski definition) is 3. The third-order valence-electron chi connectivity index (χ3n) is 4.76. The Hall–Kier alpha value is -0.120. The van der Waals surface area contributed by atoms with Gasteiger partial charge in [-0.3, -0.25) is 4.90 Å². The van der Waals surface area contributed by atoms with Gasteiger partial charge in [-0.15, -0.1) is 0 Å². The van der Waals surface area contributed by atoms with Crippen LogP contribution in [0.15, 0.2) is 0 Å². The summed E-state index contributed by atoms with van der Waals surface area (Å²) in [6.07, 6.45) is 5.71. The highest BCUT2D eigenvalue weighted by molar-refractivity contribution is 4.92. The second-order valence-corrected chi connectivity index (χ2v) is 6.07. The Morgan fingerprint density at radius 3 is 2.94 bits per heavy atom. The highest BCUT2D eigenvalue weighted by Crippen LogP contribution is 2.32. The number of morpholine rings is 1. The normalized spacial score (nSPS) is 32.2. The average Bonchev–Trinajstić information content (AvgIpc) is 2.86. The molecule has 0 amide bonds. The first-order valence-corrected chi connectivity index (χ1v) is 7.82. The fraction of sp³-hybridized carbons (Fsp3) is 1.00. The molecule has 1 N–H and O–H groups in total. The molecule has 1 saturated carbocycles. The van der Waals surface area contributed by atoms with Crippen LogP contribution in [0.3, 0.4) is 0 Å². The lowest BCUT2D eigenvalue weighted by molar-refractivity contribution is -0.0761. The summed E-state index contributed by atoms with van der Waals surface area (Å²) in [5, 5.41) is 3.56. The van der Waals surface area contributed by atoms with Gasteiger partial charge in [0.1, 0.15) is 0 Å². The maximum absolute atomic E-state index is 5.90. The third-order valence-corrected chi connectivity index (χ3v) is 4.76. The molecule has 0 aromatic heterocycles. The second kappa shape index (κ2) is 6.88. The lowest BCUT2D eigenvalue weighted by Crippen LogP contribution is -2.54. The van der Waals surface area contributed by atoms with Crippen LogP contribution in [0.2, 0.25) is 0 Å². The monoisotopic (exact) mass is 254 g/mol. The fourth-order valence-electron chi connectivity index (χ4n) is 3.47. The van der Waals surface area contributed by atoms with Crippen molar-refractivity contribution in [3.8, 4) is 0 Å². The molecule has 2 aliphatic rings. The molecule has 1 aliphatic heterocycles. The Bertz CT molecular complexity index is 247. The van der Waals surface area contributed by atoms with Gasteiger partial charge in [0.15, 0.2) is 0 Å². The SMILES string of the molecule is CCCNCC(C)C(C)N1CCOC2CCCC21. The van der Waals surface area contributed by atoms with Crippen LogP contribution in [0.5, 0.6) is 0 Å². The van der Waals surface area contributed by atoms with Gasteiger partial charge < -0.3 is 10.1 Å². The van der Waals surface area contributed by atoms with Crippen molar-refractivity contribution < 1.29 is 4.74 Å². The van der Waals surface area contributed by atoms with Gasteiger partial charge in [-0.25, -0.2) is 0 Å². The molecule has 18 heavy (non-hydrogen) atoms. The Labute approximate surface area is 112 Å². The lowest BCUT2D eigenvalue weighted by atomic mass is 9.98. The van der Waals surface area contributed by atoms with E-state index in [1.165, 1.54) is 25.7 Å². The topological polar surface area (TPSA) is 24.5 Å². The van der Waals surface area contributed by atoms with Crippen LogP contribution in [-0.4, -0.2) is 49.3 Å². The number of fused-ring (bicyclic) bond motifs is 1. The number of hydrogen-bond donors (Lipinski definition) is 1. The minimum atomic E-state index is 0.525. The molecule has 3 heteroatoms. The van der Waals surface area contributed by atoms with E-state index in [0.717, 1.165) is 32.2 Å². The van der Waals surface area contributed by atoms with E-state index >= 15 is 0 Å². The van der Waals surface area contributed by atoms with Crippen molar-refractivity contribution >= 4 is 0 Å². The molecule has 4 atom stereocenters. The molecule has 2 rings (SSSR count). The minimum Gasteiger partial charge on any atom is -0.375 e. The predicted molar refractivity (Wildman–Crippen MR) is 75.9 cm³/mol. The number of nitrogens with one attached hydrogen (secondary N) is 1. The van der Waals surface area contributed by atoms with Crippen LogP contribution in [0.25, 0.3) is 0 Å². The zero-order valence-electron chi connectivity index (χ0n) is 12.3. The van der Waals surface area contributed by atoms with Crippen LogP contribution < -0.4 is 5.32 Å². The van der Waals surface area contributed by atoms with Crippen LogP contribution in [0.4, 0.5) is 0 Å². The Morgan fingerprint density at radius 1 is 1.33 bits per heavy atom. The van der Waals surface area contributed by atoms with Crippen LogP contribution in [0.1, 0.15) is 46.5 Å². The summed E-state index contributed by atoms with van der Waals surface area (Å²) in [5.74, 6) is 0.718. The molecule has 0 radical (unpaired) electrons. The van der Waals surface area contributed by atoms with Crippen molar-refractivity contribution in [2.75, 3.05) is 26.2 Å². The molecule has 1 heterocycles. The van der Waals surface area contributed by atoms with Gasteiger partial charge in [0.2, 0.25) is 0 Å². The number of rotatable bonds is 6. The molecule has 3 nitrogen and oxygen atoms in total. The quantitative estimate of drug-likeness (QED) is 0.736. The van der Waals surface area contributed by atoms with Gasteiger partial charge in [-0.05, 0) is 51.6 Å². The standard InChI is InChI=1S/C15H30N2O/c1-4-8-16-11-12(2)13(3)17-9-10-18-15-7-5-6-14(15)17/h12-16H,4-11H2,1-3H3. The van der Waals surface area contributed by atoms with Crippen LogP contribution in [-0.2, 0) is 4.74 Å². The van der Waals surface area contributed by atoms with Gasteiger partial charge in [0.05, 0.1) is 12.7 Å². The summed E-state index contributed by atoms with van der Waals surface area (Å²) in [5.41, 5.74) is 0. The summed E-state index contributed by atoms with van der Waals surface area (Å²) in [6, 6.07) is 1.37. The van der Waals surface area contributed by atoms with E-state index in [1.807, 2.05) is 0 Å². The summed E-state index contributed by atoms with van der Waals surface area (Å²) in [6.45, 7) is 11.4. The molecule has 0 aromatic rings. The van der Waals surface area contributed by atoms with Crippen molar-refractivity contribution in [3.05, 3.63) is 0 Å². The van der Waals surface area contributed by atoms with Crippen molar-refractivity contribution in [2.24, 2.45) is 5.92 Å². The highest BCUT2D eigenvalue weighted by Gasteiger charge is 2.38. The Kier molecular flexibility index (Phi) is 5.46. The van der Waals surface area contributed by atoms with Crippen LogP contribution >= 0.6 is 0 Å². The largest absolute Gasteiger partial charge is 0.375 e. The van der Waals surface area contributed by atoms with Crippen molar-refractivity contribution in [1.82, 2.24) is 10.2 Å². The number of ether oxygens (including phenoxy) is 1. The van der Waals surface area contributed by atoms with Gasteiger partial charge in [-0.1, -0.05) is 13.8 Å². The molecule has 106 valence electrons. The van der Waals surface area contributed by atoms with E-state index < -0.39 is 0 Å². The summed E-state index contributed by atoms with van der Waals surface area (Å²) < 4.78 is 5.90. The van der Waals surface area contributed by atoms with Crippen molar-refractivity contribution in [1.29, 1.82) is 0 Å². The maximum Gasteiger partial charge on any atom is 0.0731 e. The van der Waals surface area contributed by atoms with E-state index in [2.05, 4.69) is 31.0 Å². The lowest BCUT2D eigenvalue weighted by Gasteiger charge is -2.43. The maximum atomic E-state index is 5.90. The molecule has 0 bridgehead atoms. The molecular weight excluding hydrogens is 224 g/mol. The summed E-state index contributed by atoms with van der Waals surface area (Å²) >= 11 is 0. The smallest absolute Gasteiger partial charge is 0.0731 e. The van der Waals surface area contributed by atoms with Crippen molar-refractivity contribution in [2.45, 2.75) is 64.6 Å². The van der Waals surface area contributed by atoms with E-state index in [4.69, 9.17) is 4.74 Å². The summed E-state index contributed by atoms with van der Waals surface area (Å²) in [7, 11) is 0. The molecule has 1 aliphatic carbocycles. The van der Waals surface area contributed by atoms with Gasteiger partial charge >= 0.3 is 0 Å². The zero-order valence-corrected chi connectivity index (χ0v) is 12.3. The first-order valence-electron chi connectivity index (χ1n) is 7.82. The number of nitrogens with zero attached hydrogens (tertiary/aromatic N) is 1. The first-order chi connectivity index (χ1) is 8.74. The first kappa shape index (κ1) is 14.3. The van der Waals surface area contributed by atoms with E-state index in [9.17, 15) is 0 Å². The van der Waals surface area contributed by atoms with Gasteiger partial charge in [-0.2, -0.15) is 0 Å². The van der Waals surface area contributed by atoms with E-state index in [0.29, 0.717) is 18.2 Å². The Balaban J connectivity index is 1.84. The average molecular weight is 254 g/mol. The van der Waals surface area contributed by atoms with Gasteiger partial charge in [0, 0.05) is 18.6 Å². The third kappa shape index (κ3) is 3.25. The van der Waals surface area contributed by atoms with Crippen molar-refractivity contribution in [3.63, 3.8) is 0 Å². The van der Waals surface area contributed by atoms with Gasteiger partial charge in [0.25, 0.3) is 0 Å². The molecular formula is C15H30N2O. The molecule has 0 spiro atoms. The van der Waals surface area contributed by atoms with Crippen LogP contribution in [0, 0.1) is 5.92 Å². The molecule has 1 saturated heterocycles. The minimum absolute atomic E-state index is 0.525. The zero-order chi connectivity index (χ0) is 13.0. The highest BCUT2D eigenvalue weighted by atomic mass is 16.5. The van der Waals surface area contributed by atoms with E-state index in [-0.39, 0.29) is 0 Å². The molecule has 0 aromatic carbocycles. The Morgan fingerprint density at radius 2 is 2.17 bits per heavy atom. The predicted octanol–water partition coefficient (Wildman–Crippen LogP) is 2.26. The second-order valence-electron chi connectivity index (χ2n) is 6.07. The van der Waals surface area contributed by atoms with E-state index in [1.54, 1.807) is 0 Å².